The Hall–Kier alpha value is -2.71. The van der Waals surface area contributed by atoms with E-state index >= 15 is 0 Å². The van der Waals surface area contributed by atoms with Gasteiger partial charge in [-0.1, -0.05) is 0 Å². The van der Waals surface area contributed by atoms with Gasteiger partial charge < -0.3 is 15.0 Å². The van der Waals surface area contributed by atoms with E-state index in [4.69, 9.17) is 0 Å². The lowest BCUT2D eigenvalue weighted by atomic mass is 10.3. The van der Waals surface area contributed by atoms with Gasteiger partial charge in [-0.15, -0.1) is 0 Å². The topological polar surface area (TPSA) is 115 Å². The summed E-state index contributed by atoms with van der Waals surface area (Å²) in [5, 5.41) is 13.5. The van der Waals surface area contributed by atoms with Crippen molar-refractivity contribution in [2.45, 2.75) is 6.92 Å². The van der Waals surface area contributed by atoms with E-state index in [1.54, 1.807) is 6.92 Å². The summed E-state index contributed by atoms with van der Waals surface area (Å²) in [4.78, 5) is 38.8. The molecule has 0 saturated heterocycles. The average molecular weight is 296 g/mol. The maximum atomic E-state index is 11.5. The Morgan fingerprint density at radius 3 is 2.62 bits per heavy atom. The first kappa shape index (κ1) is 16.3. The molecule has 0 aliphatic rings. The molecule has 0 atom stereocenters. The molecule has 0 aliphatic carbocycles. The molecule has 1 aromatic rings. The third-order valence-electron chi connectivity index (χ3n) is 2.74. The zero-order valence-electron chi connectivity index (χ0n) is 12.0. The van der Waals surface area contributed by atoms with Gasteiger partial charge in [0.2, 0.25) is 11.7 Å². The van der Waals surface area contributed by atoms with E-state index in [0.717, 1.165) is 0 Å². The van der Waals surface area contributed by atoms with Gasteiger partial charge in [-0.05, 0) is 13.0 Å². The van der Waals surface area contributed by atoms with Gasteiger partial charge in [0, 0.05) is 19.7 Å². The van der Waals surface area contributed by atoms with Crippen LogP contribution in [0.25, 0.3) is 0 Å². The number of rotatable bonds is 6. The number of amides is 1. The molecule has 0 spiro atoms. The molecule has 21 heavy (non-hydrogen) atoms. The van der Waals surface area contributed by atoms with Crippen LogP contribution in [-0.4, -0.2) is 49.0 Å². The minimum Gasteiger partial charge on any atom is -0.464 e. The molecule has 1 amide bonds. The largest absolute Gasteiger partial charge is 0.464 e. The van der Waals surface area contributed by atoms with Gasteiger partial charge >= 0.3 is 11.7 Å². The lowest BCUT2D eigenvalue weighted by molar-refractivity contribution is -0.384. The Morgan fingerprint density at radius 1 is 1.48 bits per heavy atom. The lowest BCUT2D eigenvalue weighted by Gasteiger charge is -2.20. The third kappa shape index (κ3) is 3.88. The van der Waals surface area contributed by atoms with Crippen LogP contribution in [-0.2, 0) is 9.53 Å². The number of pyridine rings is 1. The number of nitrogens with zero attached hydrogens (tertiary/aromatic N) is 3. The van der Waals surface area contributed by atoms with E-state index in [0.29, 0.717) is 6.54 Å². The second-order valence-corrected chi connectivity index (χ2v) is 3.98. The molecule has 0 aliphatic heterocycles. The van der Waals surface area contributed by atoms with Crippen molar-refractivity contribution in [1.29, 1.82) is 0 Å². The number of carbonyl (C=O) groups is 2. The second-order valence-electron chi connectivity index (χ2n) is 3.98. The zero-order chi connectivity index (χ0) is 16.0. The third-order valence-corrected chi connectivity index (χ3v) is 2.74. The lowest BCUT2D eigenvalue weighted by Crippen LogP contribution is -2.36. The summed E-state index contributed by atoms with van der Waals surface area (Å²) in [5.41, 5.74) is -0.345. The van der Waals surface area contributed by atoms with Crippen LogP contribution in [0.5, 0.6) is 0 Å². The Bertz CT molecular complexity index is 561. The van der Waals surface area contributed by atoms with Gasteiger partial charge in [0.05, 0.1) is 18.6 Å². The number of carbonyl (C=O) groups excluding carboxylic acids is 2. The van der Waals surface area contributed by atoms with Crippen LogP contribution in [0, 0.1) is 10.1 Å². The second kappa shape index (κ2) is 7.17. The van der Waals surface area contributed by atoms with Crippen LogP contribution in [0.2, 0.25) is 0 Å². The van der Waals surface area contributed by atoms with Crippen molar-refractivity contribution in [2.75, 3.05) is 32.1 Å². The summed E-state index contributed by atoms with van der Waals surface area (Å²) in [6.07, 6.45) is 0. The minimum absolute atomic E-state index is 0.0472. The van der Waals surface area contributed by atoms with Crippen molar-refractivity contribution < 1.29 is 19.2 Å². The maximum Gasteiger partial charge on any atom is 0.356 e. The Labute approximate surface area is 121 Å². The van der Waals surface area contributed by atoms with Gasteiger partial charge in [-0.2, -0.15) is 0 Å². The molecule has 0 bridgehead atoms. The fourth-order valence-electron chi connectivity index (χ4n) is 1.62. The summed E-state index contributed by atoms with van der Waals surface area (Å²) < 4.78 is 4.54. The Morgan fingerprint density at radius 2 is 2.14 bits per heavy atom. The molecule has 0 aromatic carbocycles. The summed E-state index contributed by atoms with van der Waals surface area (Å²) in [6, 6.07) is 2.38. The molecule has 114 valence electrons. The quantitative estimate of drug-likeness (QED) is 0.457. The van der Waals surface area contributed by atoms with Gasteiger partial charge in [0.25, 0.3) is 0 Å². The fraction of sp³-hybridized carbons (Fsp3) is 0.417. The first-order valence-corrected chi connectivity index (χ1v) is 6.13. The van der Waals surface area contributed by atoms with Crippen molar-refractivity contribution in [3.05, 3.63) is 27.9 Å². The highest BCUT2D eigenvalue weighted by atomic mass is 16.6. The first-order valence-electron chi connectivity index (χ1n) is 6.13. The van der Waals surface area contributed by atoms with E-state index in [9.17, 15) is 19.7 Å². The SMILES string of the molecule is CCN(CC(=O)NC)c1nc(C(=O)OC)ccc1[N+](=O)[O-]. The molecular formula is C12H16N4O5. The number of likely N-dealkylation sites (N-methyl/N-ethyl adjacent to an activating group) is 2. The Balaban J connectivity index is 3.29. The predicted molar refractivity (Wildman–Crippen MR) is 74.2 cm³/mol. The van der Waals surface area contributed by atoms with Gasteiger partial charge in [-0.3, -0.25) is 14.9 Å². The van der Waals surface area contributed by atoms with Gasteiger partial charge in [-0.25, -0.2) is 9.78 Å². The van der Waals surface area contributed by atoms with E-state index in [1.165, 1.54) is 31.2 Å². The van der Waals surface area contributed by atoms with Gasteiger partial charge in [0.15, 0.2) is 5.69 Å². The zero-order valence-corrected chi connectivity index (χ0v) is 12.0. The number of methoxy groups -OCH3 is 1. The van der Waals surface area contributed by atoms with Crippen molar-refractivity contribution in [3.8, 4) is 0 Å². The molecule has 0 saturated carbocycles. The predicted octanol–water partition coefficient (Wildman–Crippen LogP) is 0.349. The van der Waals surface area contributed by atoms with Crippen molar-refractivity contribution in [1.82, 2.24) is 10.3 Å². The molecule has 0 radical (unpaired) electrons. The minimum atomic E-state index is -0.706. The van der Waals surface area contributed by atoms with Crippen molar-refractivity contribution in [3.63, 3.8) is 0 Å². The molecule has 0 fully saturated rings. The summed E-state index contributed by atoms with van der Waals surface area (Å²) in [5.74, 6) is -1.08. The number of esters is 1. The van der Waals surface area contributed by atoms with Crippen molar-refractivity contribution in [2.24, 2.45) is 0 Å². The molecular weight excluding hydrogens is 280 g/mol. The van der Waals surface area contributed by atoms with Crippen LogP contribution >= 0.6 is 0 Å². The molecule has 1 rings (SSSR count). The first-order chi connectivity index (χ1) is 9.94. The highest BCUT2D eigenvalue weighted by Gasteiger charge is 2.24. The van der Waals surface area contributed by atoms with Crippen molar-refractivity contribution >= 4 is 23.4 Å². The fourth-order valence-corrected chi connectivity index (χ4v) is 1.62. The average Bonchev–Trinajstić information content (AvgIpc) is 2.50. The normalized spacial score (nSPS) is 9.86. The number of anilines is 1. The highest BCUT2D eigenvalue weighted by Crippen LogP contribution is 2.26. The number of ether oxygens (including phenoxy) is 1. The number of aromatic nitrogens is 1. The Kier molecular flexibility index (Phi) is 5.58. The highest BCUT2D eigenvalue weighted by molar-refractivity contribution is 5.88. The van der Waals surface area contributed by atoms with E-state index in [2.05, 4.69) is 15.0 Å². The summed E-state index contributed by atoms with van der Waals surface area (Å²) in [6.45, 7) is 1.93. The summed E-state index contributed by atoms with van der Waals surface area (Å²) >= 11 is 0. The smallest absolute Gasteiger partial charge is 0.356 e. The van der Waals surface area contributed by atoms with Crippen LogP contribution < -0.4 is 10.2 Å². The number of nitrogens with one attached hydrogen (secondary N) is 1. The van der Waals surface area contributed by atoms with E-state index in [-0.39, 0.29) is 29.7 Å². The molecule has 0 unspecified atom stereocenters. The van der Waals surface area contributed by atoms with Gasteiger partial charge in [0.1, 0.15) is 0 Å². The summed E-state index contributed by atoms with van der Waals surface area (Å²) in [7, 11) is 2.65. The van der Waals surface area contributed by atoms with Crippen LogP contribution in [0.3, 0.4) is 0 Å². The molecule has 9 nitrogen and oxygen atoms in total. The number of hydrogen-bond acceptors (Lipinski definition) is 7. The van der Waals surface area contributed by atoms with E-state index in [1.807, 2.05) is 0 Å². The standard InChI is InChI=1S/C12H16N4O5/c1-4-15(7-10(17)13-2)11-9(16(19)20)6-5-8(14-11)12(18)21-3/h5-6H,4,7H2,1-3H3,(H,13,17). The number of nitro groups is 1. The van der Waals surface area contributed by atoms with E-state index < -0.39 is 10.9 Å². The number of hydrogen-bond donors (Lipinski definition) is 1. The molecule has 1 N–H and O–H groups in total. The molecule has 9 heteroatoms. The van der Waals surface area contributed by atoms with Crippen LogP contribution in [0.15, 0.2) is 12.1 Å². The van der Waals surface area contributed by atoms with Crippen LogP contribution in [0.4, 0.5) is 11.5 Å². The van der Waals surface area contributed by atoms with Crippen LogP contribution in [0.1, 0.15) is 17.4 Å². The monoisotopic (exact) mass is 296 g/mol. The molecule has 1 heterocycles. The maximum absolute atomic E-state index is 11.5. The molecule has 1 aromatic heterocycles.